The van der Waals surface area contributed by atoms with Crippen molar-refractivity contribution in [2.75, 3.05) is 34.5 Å². The fourth-order valence-electron chi connectivity index (χ4n) is 9.83. The highest BCUT2D eigenvalue weighted by Gasteiger charge is 2.43. The van der Waals surface area contributed by atoms with Crippen molar-refractivity contribution in [1.82, 2.24) is 40.4 Å². The molecular weight excluding hydrogens is 829 g/mol. The molecule has 0 saturated carbocycles. The smallest absolute Gasteiger partial charge is 0.407 e. The predicted molar refractivity (Wildman–Crippen MR) is 243 cm³/mol. The lowest BCUT2D eigenvalue weighted by atomic mass is 9.92. The zero-order valence-electron chi connectivity index (χ0n) is 37.3. The highest BCUT2D eigenvalue weighted by atomic mass is 16.5. The summed E-state index contributed by atoms with van der Waals surface area (Å²) >= 11 is 0. The van der Waals surface area contributed by atoms with Crippen LogP contribution in [0.25, 0.3) is 44.2 Å². The molecule has 2 aromatic heterocycles. The summed E-state index contributed by atoms with van der Waals surface area (Å²) in [5, 5.41) is 7.38. The Morgan fingerprint density at radius 3 is 2.40 bits per heavy atom. The van der Waals surface area contributed by atoms with Gasteiger partial charge in [-0.2, -0.15) is 0 Å². The van der Waals surface area contributed by atoms with Gasteiger partial charge in [0.15, 0.2) is 0 Å². The minimum Gasteiger partial charge on any atom is -0.488 e. The van der Waals surface area contributed by atoms with Gasteiger partial charge in [-0.15, -0.1) is 0 Å². The van der Waals surface area contributed by atoms with Crippen LogP contribution in [0.15, 0.2) is 79.0 Å². The number of hydrogen-bond acceptors (Lipinski definition) is 10. The van der Waals surface area contributed by atoms with Gasteiger partial charge in [0, 0.05) is 36.6 Å². The number of nitrogens with zero attached hydrogens (tertiary/aromatic N) is 4. The van der Waals surface area contributed by atoms with E-state index in [0.29, 0.717) is 43.4 Å². The molecular formula is C49H54N8O8. The first-order valence-corrected chi connectivity index (χ1v) is 22.1. The second-order valence-corrected chi connectivity index (χ2v) is 17.6. The van der Waals surface area contributed by atoms with Gasteiger partial charge in [-0.1, -0.05) is 62.4 Å². The summed E-state index contributed by atoms with van der Waals surface area (Å²) in [5.74, 6) is 1.60. The summed E-state index contributed by atoms with van der Waals surface area (Å²) in [6, 6.07) is 21.4. The van der Waals surface area contributed by atoms with E-state index in [2.05, 4.69) is 50.9 Å². The van der Waals surface area contributed by atoms with Crippen LogP contribution in [0.5, 0.6) is 5.75 Å². The maximum absolute atomic E-state index is 14.4. The van der Waals surface area contributed by atoms with Gasteiger partial charge in [0.1, 0.15) is 36.1 Å². The molecule has 65 heavy (non-hydrogen) atoms. The number of carbonyl (C=O) groups excluding carboxylic acids is 4. The maximum Gasteiger partial charge on any atom is 0.407 e. The van der Waals surface area contributed by atoms with Crippen LogP contribution in [0.3, 0.4) is 0 Å². The van der Waals surface area contributed by atoms with Gasteiger partial charge >= 0.3 is 12.2 Å². The number of nitrogens with one attached hydrogen (secondary N) is 4. The van der Waals surface area contributed by atoms with Crippen LogP contribution in [0.1, 0.15) is 80.9 Å². The molecule has 9 rings (SSSR count). The molecule has 0 aliphatic carbocycles. The Balaban J connectivity index is 0.981. The van der Waals surface area contributed by atoms with Crippen molar-refractivity contribution in [3.63, 3.8) is 0 Å². The zero-order valence-corrected chi connectivity index (χ0v) is 37.3. The number of imidazole rings is 2. The summed E-state index contributed by atoms with van der Waals surface area (Å²) in [6.07, 6.45) is 2.66. The average Bonchev–Trinajstić information content (AvgIpc) is 4.15. The number of ether oxygens (including phenoxy) is 4. The Bertz CT molecular complexity index is 2770. The van der Waals surface area contributed by atoms with E-state index >= 15 is 0 Å². The summed E-state index contributed by atoms with van der Waals surface area (Å²) in [6.45, 7) is 7.10. The van der Waals surface area contributed by atoms with Gasteiger partial charge in [-0.3, -0.25) is 9.59 Å². The van der Waals surface area contributed by atoms with E-state index in [0.717, 1.165) is 68.3 Å². The number of amides is 4. The Morgan fingerprint density at radius 1 is 0.862 bits per heavy atom. The molecule has 0 spiro atoms. The van der Waals surface area contributed by atoms with Crippen LogP contribution in [0.2, 0.25) is 0 Å². The zero-order chi connectivity index (χ0) is 45.5. The van der Waals surface area contributed by atoms with Crippen LogP contribution < -0.4 is 15.4 Å². The third-order valence-corrected chi connectivity index (χ3v) is 13.1. The molecule has 6 aromatic rings. The number of carbonyl (C=O) groups is 4. The lowest BCUT2D eigenvalue weighted by Gasteiger charge is -2.32. The topological polar surface area (TPSA) is 193 Å². The van der Waals surface area contributed by atoms with Crippen molar-refractivity contribution in [1.29, 1.82) is 0 Å². The molecule has 5 heterocycles. The van der Waals surface area contributed by atoms with Crippen molar-refractivity contribution in [3.8, 4) is 28.1 Å². The van der Waals surface area contributed by atoms with Crippen molar-refractivity contribution < 1.29 is 38.1 Å². The number of benzene rings is 4. The first-order chi connectivity index (χ1) is 31.5. The van der Waals surface area contributed by atoms with E-state index in [4.69, 9.17) is 28.9 Å². The normalized spacial score (nSPS) is 20.0. The molecule has 3 aliphatic heterocycles. The third kappa shape index (κ3) is 8.22. The van der Waals surface area contributed by atoms with Crippen LogP contribution in [-0.2, 0) is 30.4 Å². The standard InChI is InChI=1S/C49H54N8O8/c1-26(2)41(54-48(60)63-5)47(59)57-27(3)12-17-38(57)44-50-22-37(52-44)31-13-15-33-32(19-31)25-65-40-21-34-30(20-35(33)40)14-16-36-43(34)53-45(51-36)39-18-28(24-62-4)23-56(39)46(58)42(55-49(61)64-6)29-10-8-7-9-11-29/h7-11,13-16,19-22,26-28,38-39,41-42H,12,17-18,23-25H2,1-6H3,(H,50,52)(H,51,53)(H,54,60)(H,55,61)/t27-,28-,38-,39+,41-,42+/m0/s1. The second kappa shape index (κ2) is 17.9. The predicted octanol–water partition coefficient (Wildman–Crippen LogP) is 7.73. The van der Waals surface area contributed by atoms with Gasteiger partial charge in [0.25, 0.3) is 5.91 Å². The summed E-state index contributed by atoms with van der Waals surface area (Å²) in [5.41, 5.74) is 7.09. The van der Waals surface area contributed by atoms with Crippen LogP contribution in [-0.4, -0.2) is 100 Å². The number of likely N-dealkylation sites (tertiary alicyclic amines) is 2. The van der Waals surface area contributed by atoms with E-state index in [-0.39, 0.29) is 35.7 Å². The number of hydrogen-bond donors (Lipinski definition) is 4. The molecule has 0 radical (unpaired) electrons. The number of aromatic amines is 2. The van der Waals surface area contributed by atoms with Gasteiger partial charge in [-0.25, -0.2) is 19.6 Å². The monoisotopic (exact) mass is 882 g/mol. The quantitative estimate of drug-likeness (QED) is 0.100. The maximum atomic E-state index is 14.4. The summed E-state index contributed by atoms with van der Waals surface area (Å²) in [7, 11) is 4.22. The van der Waals surface area contributed by atoms with Crippen LogP contribution in [0.4, 0.5) is 9.59 Å². The fraction of sp³-hybridized carbons (Fsp3) is 0.388. The lowest BCUT2D eigenvalue weighted by Crippen LogP contribution is -2.52. The van der Waals surface area contributed by atoms with Crippen LogP contribution >= 0.6 is 0 Å². The Labute approximate surface area is 376 Å². The highest BCUT2D eigenvalue weighted by Crippen LogP contribution is 2.44. The van der Waals surface area contributed by atoms with Gasteiger partial charge in [-0.05, 0) is 84.0 Å². The number of methoxy groups -OCH3 is 3. The molecule has 16 nitrogen and oxygen atoms in total. The molecule has 16 heteroatoms. The van der Waals surface area contributed by atoms with Crippen molar-refractivity contribution in [2.24, 2.45) is 11.8 Å². The second-order valence-electron chi connectivity index (χ2n) is 17.6. The summed E-state index contributed by atoms with van der Waals surface area (Å²) < 4.78 is 21.7. The number of fused-ring (bicyclic) bond motifs is 6. The average molecular weight is 883 g/mol. The van der Waals surface area contributed by atoms with Crippen molar-refractivity contribution >= 4 is 45.8 Å². The van der Waals surface area contributed by atoms with E-state index in [9.17, 15) is 19.2 Å². The molecule has 338 valence electrons. The number of H-pyrrole nitrogens is 2. The van der Waals surface area contributed by atoms with Gasteiger partial charge in [0.2, 0.25) is 5.91 Å². The summed E-state index contributed by atoms with van der Waals surface area (Å²) in [4.78, 5) is 73.5. The van der Waals surface area contributed by atoms with E-state index in [1.165, 1.54) is 14.2 Å². The molecule has 3 aliphatic rings. The van der Waals surface area contributed by atoms with Crippen molar-refractivity contribution in [3.05, 3.63) is 102 Å². The number of alkyl carbamates (subject to hydrolysis) is 2. The first kappa shape index (κ1) is 43.3. The fourth-order valence-corrected chi connectivity index (χ4v) is 9.83. The molecule has 4 aromatic carbocycles. The molecule has 6 atom stereocenters. The molecule has 0 unspecified atom stereocenters. The van der Waals surface area contributed by atoms with Crippen LogP contribution in [0, 0.1) is 11.8 Å². The lowest BCUT2D eigenvalue weighted by molar-refractivity contribution is -0.137. The molecule has 2 fully saturated rings. The van der Waals surface area contributed by atoms with E-state index < -0.39 is 30.3 Å². The van der Waals surface area contributed by atoms with Gasteiger partial charge in [0.05, 0.1) is 55.8 Å². The molecule has 4 amide bonds. The van der Waals surface area contributed by atoms with Crippen molar-refractivity contribution in [2.45, 2.75) is 76.8 Å². The number of aromatic nitrogens is 4. The third-order valence-electron chi connectivity index (χ3n) is 13.1. The Hall–Kier alpha value is -6.94. The Kier molecular flexibility index (Phi) is 11.9. The van der Waals surface area contributed by atoms with E-state index in [1.807, 2.05) is 74.3 Å². The minimum atomic E-state index is -0.955. The largest absolute Gasteiger partial charge is 0.488 e. The Morgan fingerprint density at radius 2 is 1.65 bits per heavy atom. The van der Waals surface area contributed by atoms with E-state index in [1.54, 1.807) is 12.0 Å². The minimum absolute atomic E-state index is 0.0245. The molecule has 4 N–H and O–H groups in total. The highest BCUT2D eigenvalue weighted by molar-refractivity contribution is 6.07. The molecule has 0 bridgehead atoms. The molecule has 2 saturated heterocycles. The van der Waals surface area contributed by atoms with Gasteiger partial charge < -0.3 is 49.3 Å². The first-order valence-electron chi connectivity index (χ1n) is 22.1. The SMILES string of the molecule is COC[C@H]1C[C@H](c2nc3c(ccc4cc5c(cc43)OCc3cc(-c4cnc([C@@H]6CC[C@H](C)N6C(=O)[C@@H](NC(=O)OC)C(C)C)[nH]4)ccc3-5)[nH]2)N(C(=O)[C@H](NC(=O)OC)c2ccccc2)C1. The number of rotatable bonds is 11.